The summed E-state index contributed by atoms with van der Waals surface area (Å²) in [5.74, 6) is 2.08. The minimum atomic E-state index is -0.146. The van der Waals surface area contributed by atoms with Crippen molar-refractivity contribution in [2.24, 2.45) is 0 Å². The zero-order valence-electron chi connectivity index (χ0n) is 15.9. The Balaban J connectivity index is 2.04. The molecule has 2 atom stereocenters. The molecular weight excluding hydrogens is 346 g/mol. The van der Waals surface area contributed by atoms with E-state index in [9.17, 15) is 4.79 Å². The summed E-state index contributed by atoms with van der Waals surface area (Å²) in [5, 5.41) is -0.256. The summed E-state index contributed by atoms with van der Waals surface area (Å²) >= 11 is 1.63. The SMILES string of the molecule is COc1ccc(OC)c([C@@H]2S[C@@H](C)C(=O)N2c2ccc(C(C)C)cc2)c1. The van der Waals surface area contributed by atoms with Crippen LogP contribution in [0, 0.1) is 0 Å². The molecule has 1 fully saturated rings. The third kappa shape index (κ3) is 3.40. The highest BCUT2D eigenvalue weighted by atomic mass is 32.2. The maximum Gasteiger partial charge on any atom is 0.241 e. The number of hydrogen-bond acceptors (Lipinski definition) is 4. The topological polar surface area (TPSA) is 38.8 Å². The molecule has 3 rings (SSSR count). The predicted octanol–water partition coefficient (Wildman–Crippen LogP) is 4.99. The number of anilines is 1. The normalized spacial score (nSPS) is 19.9. The van der Waals surface area contributed by atoms with Crippen molar-refractivity contribution in [2.45, 2.75) is 37.3 Å². The number of rotatable bonds is 5. The smallest absolute Gasteiger partial charge is 0.241 e. The first kappa shape index (κ1) is 18.6. The maximum absolute atomic E-state index is 12.9. The van der Waals surface area contributed by atoms with Crippen LogP contribution in [-0.4, -0.2) is 25.4 Å². The summed E-state index contributed by atoms with van der Waals surface area (Å²) in [5.41, 5.74) is 3.12. The minimum absolute atomic E-state index is 0.110. The average molecular weight is 372 g/mol. The minimum Gasteiger partial charge on any atom is -0.497 e. The summed E-state index contributed by atoms with van der Waals surface area (Å²) in [6, 6.07) is 14.0. The van der Waals surface area contributed by atoms with Gasteiger partial charge in [-0.1, -0.05) is 26.0 Å². The van der Waals surface area contributed by atoms with Crippen molar-refractivity contribution in [1.82, 2.24) is 0 Å². The number of hydrogen-bond donors (Lipinski definition) is 0. The lowest BCUT2D eigenvalue weighted by Gasteiger charge is -2.26. The Kier molecular flexibility index (Phi) is 5.47. The van der Waals surface area contributed by atoms with Crippen molar-refractivity contribution in [3.05, 3.63) is 53.6 Å². The molecule has 1 amide bonds. The Bertz CT molecular complexity index is 788. The van der Waals surface area contributed by atoms with Crippen LogP contribution in [0.4, 0.5) is 5.69 Å². The van der Waals surface area contributed by atoms with Gasteiger partial charge in [-0.3, -0.25) is 9.69 Å². The number of methoxy groups -OCH3 is 2. The molecule has 0 N–H and O–H groups in total. The quantitative estimate of drug-likeness (QED) is 0.742. The highest BCUT2D eigenvalue weighted by Crippen LogP contribution is 2.48. The number of nitrogens with zero attached hydrogens (tertiary/aromatic N) is 1. The monoisotopic (exact) mass is 371 g/mol. The van der Waals surface area contributed by atoms with E-state index in [1.54, 1.807) is 26.0 Å². The van der Waals surface area contributed by atoms with Crippen LogP contribution in [0.5, 0.6) is 11.5 Å². The van der Waals surface area contributed by atoms with Crippen molar-refractivity contribution in [1.29, 1.82) is 0 Å². The third-order valence-electron chi connectivity index (χ3n) is 4.69. The molecule has 1 heterocycles. The molecule has 4 nitrogen and oxygen atoms in total. The zero-order chi connectivity index (χ0) is 18.8. The van der Waals surface area contributed by atoms with Crippen LogP contribution in [0.25, 0.3) is 0 Å². The molecule has 0 spiro atoms. The molecule has 2 aromatic rings. The third-order valence-corrected chi connectivity index (χ3v) is 6.03. The number of carbonyl (C=O) groups excluding carboxylic acids is 1. The number of carbonyl (C=O) groups is 1. The fourth-order valence-electron chi connectivity index (χ4n) is 3.15. The van der Waals surface area contributed by atoms with E-state index in [0.29, 0.717) is 5.92 Å². The second-order valence-electron chi connectivity index (χ2n) is 6.69. The number of ether oxygens (including phenoxy) is 2. The van der Waals surface area contributed by atoms with Gasteiger partial charge in [0.15, 0.2) is 0 Å². The fourth-order valence-corrected chi connectivity index (χ4v) is 4.45. The van der Waals surface area contributed by atoms with Gasteiger partial charge in [0.25, 0.3) is 0 Å². The van der Waals surface area contributed by atoms with Crippen molar-refractivity contribution in [3.8, 4) is 11.5 Å². The standard InChI is InChI=1S/C21H25NO3S/c1-13(2)15-6-8-16(9-7-15)22-20(23)14(3)26-21(22)18-12-17(24-4)10-11-19(18)25-5/h6-14,21H,1-5H3/t14-,21-/m0/s1. The number of amides is 1. The Morgan fingerprint density at radius 1 is 1.04 bits per heavy atom. The Labute approximate surface area is 159 Å². The largest absolute Gasteiger partial charge is 0.497 e. The molecule has 0 aromatic heterocycles. The van der Waals surface area contributed by atoms with Crippen LogP contribution in [-0.2, 0) is 4.79 Å². The summed E-state index contributed by atoms with van der Waals surface area (Å²) in [4.78, 5) is 14.8. The molecule has 5 heteroatoms. The summed E-state index contributed by atoms with van der Waals surface area (Å²) in [6.07, 6.45) is 0. The van der Waals surface area contributed by atoms with Crippen molar-refractivity contribution in [2.75, 3.05) is 19.1 Å². The van der Waals surface area contributed by atoms with E-state index in [0.717, 1.165) is 22.7 Å². The number of benzene rings is 2. The van der Waals surface area contributed by atoms with E-state index in [-0.39, 0.29) is 16.5 Å². The van der Waals surface area contributed by atoms with Gasteiger partial charge in [-0.15, -0.1) is 11.8 Å². The average Bonchev–Trinajstić information content (AvgIpc) is 2.96. The number of thioether (sulfide) groups is 1. The summed E-state index contributed by atoms with van der Waals surface area (Å²) < 4.78 is 10.9. The van der Waals surface area contributed by atoms with Gasteiger partial charge in [0.1, 0.15) is 16.9 Å². The highest BCUT2D eigenvalue weighted by Gasteiger charge is 2.40. The Morgan fingerprint density at radius 3 is 2.31 bits per heavy atom. The van der Waals surface area contributed by atoms with Crippen LogP contribution < -0.4 is 14.4 Å². The van der Waals surface area contributed by atoms with Crippen LogP contribution >= 0.6 is 11.8 Å². The van der Waals surface area contributed by atoms with Crippen molar-refractivity contribution >= 4 is 23.4 Å². The van der Waals surface area contributed by atoms with Gasteiger partial charge in [0, 0.05) is 11.3 Å². The second kappa shape index (κ2) is 7.62. The first-order valence-corrected chi connectivity index (χ1v) is 9.71. The molecule has 0 saturated carbocycles. The van der Waals surface area contributed by atoms with E-state index in [1.165, 1.54) is 5.56 Å². The Hall–Kier alpha value is -2.14. The molecule has 26 heavy (non-hydrogen) atoms. The van der Waals surface area contributed by atoms with Crippen molar-refractivity contribution < 1.29 is 14.3 Å². The first-order valence-electron chi connectivity index (χ1n) is 8.76. The van der Waals surface area contributed by atoms with E-state index < -0.39 is 0 Å². The van der Waals surface area contributed by atoms with Crippen molar-refractivity contribution in [3.63, 3.8) is 0 Å². The van der Waals surface area contributed by atoms with Gasteiger partial charge in [-0.25, -0.2) is 0 Å². The van der Waals surface area contributed by atoms with Crippen LogP contribution in [0.3, 0.4) is 0 Å². The van der Waals surface area contributed by atoms with Gasteiger partial charge < -0.3 is 9.47 Å². The second-order valence-corrected chi connectivity index (χ2v) is 8.12. The summed E-state index contributed by atoms with van der Waals surface area (Å²) in [6.45, 7) is 6.28. The lowest BCUT2D eigenvalue weighted by molar-refractivity contribution is -0.117. The van der Waals surface area contributed by atoms with E-state index in [1.807, 2.05) is 42.2 Å². The molecule has 138 valence electrons. The first-order chi connectivity index (χ1) is 12.5. The molecule has 0 radical (unpaired) electrons. The molecule has 1 aliphatic rings. The molecule has 1 aliphatic heterocycles. The van der Waals surface area contributed by atoms with Crippen LogP contribution in [0.2, 0.25) is 0 Å². The lowest BCUT2D eigenvalue weighted by Crippen LogP contribution is -2.30. The van der Waals surface area contributed by atoms with Gasteiger partial charge in [0.2, 0.25) is 5.91 Å². The maximum atomic E-state index is 12.9. The van der Waals surface area contributed by atoms with E-state index in [2.05, 4.69) is 26.0 Å². The lowest BCUT2D eigenvalue weighted by atomic mass is 10.0. The van der Waals surface area contributed by atoms with Gasteiger partial charge >= 0.3 is 0 Å². The zero-order valence-corrected chi connectivity index (χ0v) is 16.7. The predicted molar refractivity (Wildman–Crippen MR) is 107 cm³/mol. The molecule has 0 bridgehead atoms. The Morgan fingerprint density at radius 2 is 1.73 bits per heavy atom. The molecule has 0 unspecified atom stereocenters. The summed E-state index contributed by atoms with van der Waals surface area (Å²) in [7, 11) is 3.29. The van der Waals surface area contributed by atoms with Crippen LogP contribution in [0.15, 0.2) is 42.5 Å². The molecule has 0 aliphatic carbocycles. The van der Waals surface area contributed by atoms with E-state index in [4.69, 9.17) is 9.47 Å². The van der Waals surface area contributed by atoms with Gasteiger partial charge in [0.05, 0.1) is 19.5 Å². The van der Waals surface area contributed by atoms with Crippen LogP contribution in [0.1, 0.15) is 43.2 Å². The van der Waals surface area contributed by atoms with Gasteiger partial charge in [-0.2, -0.15) is 0 Å². The molecular formula is C21H25NO3S. The molecule has 1 saturated heterocycles. The highest BCUT2D eigenvalue weighted by molar-refractivity contribution is 8.01. The van der Waals surface area contributed by atoms with Gasteiger partial charge in [-0.05, 0) is 48.7 Å². The van der Waals surface area contributed by atoms with E-state index >= 15 is 0 Å². The fraction of sp³-hybridized carbons (Fsp3) is 0.381. The molecule has 2 aromatic carbocycles.